The fourth-order valence-electron chi connectivity index (χ4n) is 1.31. The van der Waals surface area contributed by atoms with Gasteiger partial charge in [0.05, 0.1) is 4.92 Å². The van der Waals surface area contributed by atoms with Crippen molar-refractivity contribution in [1.82, 2.24) is 4.98 Å². The zero-order valence-corrected chi connectivity index (χ0v) is 9.01. The Labute approximate surface area is 93.8 Å². The average molecular weight is 216 g/mol. The van der Waals surface area contributed by atoms with Crippen LogP contribution in [0.1, 0.15) is 11.3 Å². The highest BCUT2D eigenvalue weighted by Gasteiger charge is 2.11. The maximum absolute atomic E-state index is 10.6. The first kappa shape index (κ1) is 11.8. The topological polar surface area (TPSA) is 56.0 Å². The molecule has 0 N–H and O–H groups in total. The van der Waals surface area contributed by atoms with Crippen molar-refractivity contribution >= 4 is 11.3 Å². The average Bonchev–Trinajstić information content (AvgIpc) is 2.26. The predicted molar refractivity (Wildman–Crippen MR) is 64.0 cm³/mol. The molecule has 4 heteroatoms. The molecule has 0 unspecified atom stereocenters. The van der Waals surface area contributed by atoms with E-state index >= 15 is 0 Å². The molecule has 0 bridgehead atoms. The number of rotatable bonds is 4. The van der Waals surface area contributed by atoms with Gasteiger partial charge < -0.3 is 0 Å². The van der Waals surface area contributed by atoms with Crippen molar-refractivity contribution in [2.45, 2.75) is 6.92 Å². The van der Waals surface area contributed by atoms with Gasteiger partial charge in [0.1, 0.15) is 6.20 Å². The molecule has 0 spiro atoms. The molecule has 1 rings (SSSR count). The minimum atomic E-state index is -0.468. The summed E-state index contributed by atoms with van der Waals surface area (Å²) in [5.74, 6) is 0. The van der Waals surface area contributed by atoms with Gasteiger partial charge in [-0.05, 0) is 12.5 Å². The molecule has 0 saturated carbocycles. The number of pyridine rings is 1. The minimum absolute atomic E-state index is 0.0302. The van der Waals surface area contributed by atoms with Crippen LogP contribution < -0.4 is 0 Å². The van der Waals surface area contributed by atoms with E-state index in [9.17, 15) is 10.1 Å². The summed E-state index contributed by atoms with van der Waals surface area (Å²) in [7, 11) is 0. The van der Waals surface area contributed by atoms with E-state index in [1.165, 1.54) is 12.3 Å². The molecule has 1 heterocycles. The van der Waals surface area contributed by atoms with Crippen LogP contribution in [0.4, 0.5) is 5.69 Å². The van der Waals surface area contributed by atoms with E-state index in [2.05, 4.69) is 18.1 Å². The van der Waals surface area contributed by atoms with Gasteiger partial charge in [-0.15, -0.1) is 0 Å². The third-order valence-corrected chi connectivity index (χ3v) is 2.11. The molecule has 0 amide bonds. The molecule has 0 radical (unpaired) electrons. The zero-order valence-electron chi connectivity index (χ0n) is 9.01. The molecule has 0 atom stereocenters. The number of hydrogen-bond donors (Lipinski definition) is 0. The van der Waals surface area contributed by atoms with E-state index in [1.54, 1.807) is 25.2 Å². The summed E-state index contributed by atoms with van der Waals surface area (Å²) in [6.07, 6.45) is 6.21. The van der Waals surface area contributed by atoms with Crippen LogP contribution in [-0.2, 0) is 0 Å². The van der Waals surface area contributed by atoms with Crippen molar-refractivity contribution in [1.29, 1.82) is 0 Å². The first-order chi connectivity index (χ1) is 7.60. The third-order valence-electron chi connectivity index (χ3n) is 2.11. The van der Waals surface area contributed by atoms with Crippen LogP contribution in [0.2, 0.25) is 0 Å². The van der Waals surface area contributed by atoms with Crippen molar-refractivity contribution in [3.05, 3.63) is 65.0 Å². The number of aromatic nitrogens is 1. The molecule has 0 aliphatic heterocycles. The molecule has 16 heavy (non-hydrogen) atoms. The van der Waals surface area contributed by atoms with Crippen molar-refractivity contribution in [3.63, 3.8) is 0 Å². The highest BCUT2D eigenvalue weighted by atomic mass is 16.6. The summed E-state index contributed by atoms with van der Waals surface area (Å²) in [6, 6.07) is 1.49. The fraction of sp³-hybridized carbons (Fsp3) is 0.0833. The number of hydrogen-bond acceptors (Lipinski definition) is 3. The Bertz CT molecular complexity index is 476. The van der Waals surface area contributed by atoms with Gasteiger partial charge >= 0.3 is 0 Å². The lowest BCUT2D eigenvalue weighted by molar-refractivity contribution is -0.385. The highest BCUT2D eigenvalue weighted by Crippen LogP contribution is 2.22. The quantitative estimate of drug-likeness (QED) is 0.441. The van der Waals surface area contributed by atoms with Gasteiger partial charge in [0.15, 0.2) is 0 Å². The van der Waals surface area contributed by atoms with Crippen molar-refractivity contribution < 1.29 is 4.92 Å². The van der Waals surface area contributed by atoms with Crippen LogP contribution in [0, 0.1) is 17.0 Å². The molecule has 4 nitrogen and oxygen atoms in total. The molecule has 0 fully saturated rings. The van der Waals surface area contributed by atoms with Crippen molar-refractivity contribution in [2.24, 2.45) is 0 Å². The third kappa shape index (κ3) is 2.42. The summed E-state index contributed by atoms with van der Waals surface area (Å²) in [6.45, 7) is 9.03. The molecular formula is C12H12N2O2. The van der Waals surface area contributed by atoms with Crippen LogP contribution in [0.25, 0.3) is 5.57 Å². The standard InChI is InChI=1S/C12H12N2O2/c1-4-6-10(5-2)12-7-11(14(15)16)8-13-9(12)3/h4-8H,1-2H2,3H3/b10-6+. The highest BCUT2D eigenvalue weighted by molar-refractivity contribution is 5.76. The summed E-state index contributed by atoms with van der Waals surface area (Å²) in [5, 5.41) is 10.6. The van der Waals surface area contributed by atoms with Gasteiger partial charge in [0.2, 0.25) is 0 Å². The van der Waals surface area contributed by atoms with Crippen molar-refractivity contribution in [2.75, 3.05) is 0 Å². The van der Waals surface area contributed by atoms with Gasteiger partial charge in [-0.3, -0.25) is 15.1 Å². The fourth-order valence-corrected chi connectivity index (χ4v) is 1.31. The zero-order chi connectivity index (χ0) is 12.1. The van der Waals surface area contributed by atoms with E-state index in [4.69, 9.17) is 0 Å². The largest absolute Gasteiger partial charge is 0.288 e. The monoisotopic (exact) mass is 216 g/mol. The van der Waals surface area contributed by atoms with Crippen LogP contribution in [0.5, 0.6) is 0 Å². The SMILES string of the molecule is C=C/C=C(\C=C)c1cc([N+](=O)[O-])cnc1C. The smallest absolute Gasteiger partial charge is 0.258 e. The lowest BCUT2D eigenvalue weighted by Gasteiger charge is -2.04. The number of aryl methyl sites for hydroxylation is 1. The van der Waals surface area contributed by atoms with E-state index in [-0.39, 0.29) is 5.69 Å². The summed E-state index contributed by atoms with van der Waals surface area (Å²) in [5.41, 5.74) is 2.16. The Balaban J connectivity index is 3.36. The predicted octanol–water partition coefficient (Wildman–Crippen LogP) is 3.05. The van der Waals surface area contributed by atoms with Gasteiger partial charge in [-0.2, -0.15) is 0 Å². The Morgan fingerprint density at radius 1 is 1.56 bits per heavy atom. The molecule has 1 aromatic heterocycles. The van der Waals surface area contributed by atoms with Crippen LogP contribution >= 0.6 is 0 Å². The number of allylic oxidation sites excluding steroid dienone is 4. The number of nitro groups is 1. The molecular weight excluding hydrogens is 204 g/mol. The van der Waals surface area contributed by atoms with Gasteiger partial charge in [0.25, 0.3) is 5.69 Å². The minimum Gasteiger partial charge on any atom is -0.258 e. The second-order valence-corrected chi connectivity index (χ2v) is 3.15. The molecule has 0 saturated heterocycles. The van der Waals surface area contributed by atoms with Crippen molar-refractivity contribution in [3.8, 4) is 0 Å². The van der Waals surface area contributed by atoms with Gasteiger partial charge in [0, 0.05) is 17.3 Å². The Morgan fingerprint density at radius 3 is 2.75 bits per heavy atom. The lowest BCUT2D eigenvalue weighted by atomic mass is 10.0. The summed E-state index contributed by atoms with van der Waals surface area (Å²) < 4.78 is 0. The number of nitrogens with zero attached hydrogens (tertiary/aromatic N) is 2. The maximum Gasteiger partial charge on any atom is 0.288 e. The van der Waals surface area contributed by atoms with Crippen LogP contribution in [0.15, 0.2) is 43.6 Å². The first-order valence-electron chi connectivity index (χ1n) is 4.66. The Morgan fingerprint density at radius 2 is 2.25 bits per heavy atom. The van der Waals surface area contributed by atoms with E-state index in [0.717, 1.165) is 11.3 Å². The summed E-state index contributed by atoms with van der Waals surface area (Å²) in [4.78, 5) is 14.2. The molecule has 0 aromatic carbocycles. The first-order valence-corrected chi connectivity index (χ1v) is 4.66. The van der Waals surface area contributed by atoms with E-state index < -0.39 is 4.92 Å². The Hall–Kier alpha value is -2.23. The lowest BCUT2D eigenvalue weighted by Crippen LogP contribution is -1.95. The van der Waals surface area contributed by atoms with Gasteiger partial charge in [-0.1, -0.05) is 31.4 Å². The van der Waals surface area contributed by atoms with Gasteiger partial charge in [-0.25, -0.2) is 0 Å². The van der Waals surface area contributed by atoms with Crippen LogP contribution in [0.3, 0.4) is 0 Å². The summed E-state index contributed by atoms with van der Waals surface area (Å²) >= 11 is 0. The normalized spacial score (nSPS) is 10.9. The molecule has 82 valence electrons. The van der Waals surface area contributed by atoms with E-state index in [1.807, 2.05) is 0 Å². The van der Waals surface area contributed by atoms with E-state index in [0.29, 0.717) is 5.56 Å². The van der Waals surface area contributed by atoms with Crippen LogP contribution in [-0.4, -0.2) is 9.91 Å². The Kier molecular flexibility index (Phi) is 3.72. The second kappa shape index (κ2) is 5.02. The molecule has 1 aromatic rings. The maximum atomic E-state index is 10.6. The molecule has 0 aliphatic carbocycles. The second-order valence-electron chi connectivity index (χ2n) is 3.15. The molecule has 0 aliphatic rings.